The van der Waals surface area contributed by atoms with Crippen molar-refractivity contribution < 1.29 is 13.2 Å². The van der Waals surface area contributed by atoms with Crippen LogP contribution >= 0.6 is 22.9 Å². The molecule has 1 aromatic carbocycles. The van der Waals surface area contributed by atoms with Gasteiger partial charge in [-0.1, -0.05) is 11.6 Å². The van der Waals surface area contributed by atoms with Crippen LogP contribution in [0.2, 0.25) is 5.02 Å². The lowest BCUT2D eigenvalue weighted by Gasteiger charge is -2.33. The summed E-state index contributed by atoms with van der Waals surface area (Å²) in [5.74, 6) is 0.742. The van der Waals surface area contributed by atoms with E-state index < -0.39 is 11.9 Å². The highest BCUT2D eigenvalue weighted by Crippen LogP contribution is 2.36. The molecule has 3 aromatic rings. The Labute approximate surface area is 156 Å². The maximum absolute atomic E-state index is 12.8. The summed E-state index contributed by atoms with van der Waals surface area (Å²) in [6.45, 7) is 1.38. The third-order valence-electron chi connectivity index (χ3n) is 4.46. The number of thiazole rings is 1. The molecule has 0 saturated carbocycles. The molecular formula is C17H14ClF3N4S. The molecule has 4 nitrogen and oxygen atoms in total. The van der Waals surface area contributed by atoms with Crippen LogP contribution in [-0.4, -0.2) is 28.0 Å². The molecule has 1 unspecified atom stereocenters. The predicted molar refractivity (Wildman–Crippen MR) is 95.9 cm³/mol. The number of aromatic nitrogens is 3. The quantitative estimate of drug-likeness (QED) is 0.599. The Balaban J connectivity index is 1.62. The molecule has 1 fully saturated rings. The van der Waals surface area contributed by atoms with Gasteiger partial charge in [0.05, 0.1) is 10.5 Å². The van der Waals surface area contributed by atoms with Crippen molar-refractivity contribution in [3.8, 4) is 0 Å². The molecule has 0 aliphatic carbocycles. The number of rotatable bonds is 2. The molecule has 0 N–H and O–H groups in total. The molecule has 3 heterocycles. The van der Waals surface area contributed by atoms with Crippen molar-refractivity contribution >= 4 is 39.7 Å². The number of halogens is 4. The first-order valence-electron chi connectivity index (χ1n) is 8.09. The van der Waals surface area contributed by atoms with Gasteiger partial charge in [-0.3, -0.25) is 0 Å². The van der Waals surface area contributed by atoms with Crippen molar-refractivity contribution in [2.45, 2.75) is 24.9 Å². The molecule has 136 valence electrons. The predicted octanol–water partition coefficient (Wildman–Crippen LogP) is 5.14. The average Bonchev–Trinajstić information content (AvgIpc) is 3.11. The molecule has 9 heteroatoms. The lowest BCUT2D eigenvalue weighted by Crippen LogP contribution is -2.35. The Bertz CT molecular complexity index is 943. The van der Waals surface area contributed by atoms with E-state index in [1.54, 1.807) is 12.1 Å². The smallest absolute Gasteiger partial charge is 0.355 e. The van der Waals surface area contributed by atoms with Crippen molar-refractivity contribution in [3.05, 3.63) is 45.6 Å². The zero-order chi connectivity index (χ0) is 18.3. The van der Waals surface area contributed by atoms with E-state index in [0.29, 0.717) is 16.6 Å². The van der Waals surface area contributed by atoms with Crippen molar-refractivity contribution in [1.82, 2.24) is 15.0 Å². The maximum atomic E-state index is 12.8. The zero-order valence-electron chi connectivity index (χ0n) is 13.5. The lowest BCUT2D eigenvalue weighted by molar-refractivity contribution is -0.140. The Hall–Kier alpha value is -1.93. The highest BCUT2D eigenvalue weighted by atomic mass is 35.5. The van der Waals surface area contributed by atoms with Gasteiger partial charge in [0.2, 0.25) is 0 Å². The summed E-state index contributed by atoms with van der Waals surface area (Å²) in [5.41, 5.74) is -0.0602. The molecule has 1 aliphatic rings. The number of piperidine rings is 1. The van der Waals surface area contributed by atoms with E-state index in [4.69, 9.17) is 11.6 Å². The van der Waals surface area contributed by atoms with E-state index in [-0.39, 0.29) is 5.92 Å². The maximum Gasteiger partial charge on any atom is 0.434 e. The zero-order valence-corrected chi connectivity index (χ0v) is 15.1. The molecule has 2 aromatic heterocycles. The first kappa shape index (κ1) is 17.5. The van der Waals surface area contributed by atoms with E-state index >= 15 is 0 Å². The number of nitrogens with zero attached hydrogens (tertiary/aromatic N) is 4. The topological polar surface area (TPSA) is 41.9 Å². The Morgan fingerprint density at radius 3 is 2.85 bits per heavy atom. The van der Waals surface area contributed by atoms with Crippen LogP contribution in [0, 0.1) is 0 Å². The minimum absolute atomic E-state index is 0.0397. The molecule has 1 saturated heterocycles. The van der Waals surface area contributed by atoms with Gasteiger partial charge in [-0.05, 0) is 31.0 Å². The highest BCUT2D eigenvalue weighted by molar-refractivity contribution is 7.09. The van der Waals surface area contributed by atoms with Gasteiger partial charge in [0, 0.05) is 34.8 Å². The normalized spacial score (nSPS) is 18.5. The molecule has 1 atom stereocenters. The molecule has 0 amide bonds. The molecule has 4 rings (SSSR count). The van der Waals surface area contributed by atoms with Crippen LogP contribution in [0.3, 0.4) is 0 Å². The standard InChI is InChI=1S/C17H14ClF3N4S/c18-11-3-4-12-13(6-11)22-9-23-15(12)25-5-1-2-10(7-25)16-24-14(8-26-16)17(19,20)21/h3-4,6,8-10H,1-2,5,7H2. The Morgan fingerprint density at radius 1 is 1.23 bits per heavy atom. The largest absolute Gasteiger partial charge is 0.434 e. The number of anilines is 1. The van der Waals surface area contributed by atoms with Gasteiger partial charge in [-0.2, -0.15) is 13.2 Å². The minimum Gasteiger partial charge on any atom is -0.355 e. The Morgan fingerprint density at radius 2 is 2.08 bits per heavy atom. The summed E-state index contributed by atoms with van der Waals surface area (Å²) in [7, 11) is 0. The SMILES string of the molecule is FC(F)(F)c1csc(C2CCCN(c3ncnc4cc(Cl)ccc34)C2)n1. The van der Waals surface area contributed by atoms with Gasteiger partial charge in [-0.15, -0.1) is 11.3 Å². The number of benzene rings is 1. The summed E-state index contributed by atoms with van der Waals surface area (Å²) < 4.78 is 38.5. The fourth-order valence-corrected chi connectivity index (χ4v) is 4.37. The molecular weight excluding hydrogens is 385 g/mol. The van der Waals surface area contributed by atoms with E-state index in [1.807, 2.05) is 6.07 Å². The summed E-state index contributed by atoms with van der Waals surface area (Å²) in [6, 6.07) is 5.44. The van der Waals surface area contributed by atoms with E-state index in [1.165, 1.54) is 6.33 Å². The highest BCUT2D eigenvalue weighted by Gasteiger charge is 2.35. The average molecular weight is 399 g/mol. The van der Waals surface area contributed by atoms with Gasteiger partial charge < -0.3 is 4.90 Å². The van der Waals surface area contributed by atoms with Crippen molar-refractivity contribution in [3.63, 3.8) is 0 Å². The first-order chi connectivity index (χ1) is 12.4. The number of hydrogen-bond acceptors (Lipinski definition) is 5. The number of alkyl halides is 3. The van der Waals surface area contributed by atoms with Crippen LogP contribution in [0.15, 0.2) is 29.9 Å². The molecule has 0 radical (unpaired) electrons. The summed E-state index contributed by atoms with van der Waals surface area (Å²) in [6.07, 6.45) is -1.23. The lowest BCUT2D eigenvalue weighted by atomic mass is 9.98. The summed E-state index contributed by atoms with van der Waals surface area (Å²) in [4.78, 5) is 14.6. The van der Waals surface area contributed by atoms with E-state index in [2.05, 4.69) is 19.9 Å². The first-order valence-corrected chi connectivity index (χ1v) is 9.35. The van der Waals surface area contributed by atoms with E-state index in [0.717, 1.165) is 52.8 Å². The fraction of sp³-hybridized carbons (Fsp3) is 0.353. The third-order valence-corrected chi connectivity index (χ3v) is 5.70. The van der Waals surface area contributed by atoms with Crippen LogP contribution in [0.25, 0.3) is 10.9 Å². The second-order valence-electron chi connectivity index (χ2n) is 6.21. The molecule has 0 bridgehead atoms. The van der Waals surface area contributed by atoms with Gasteiger partial charge in [0.15, 0.2) is 5.69 Å². The van der Waals surface area contributed by atoms with Crippen LogP contribution in [0.1, 0.15) is 29.5 Å². The molecule has 0 spiro atoms. The van der Waals surface area contributed by atoms with Gasteiger partial charge in [-0.25, -0.2) is 15.0 Å². The number of fused-ring (bicyclic) bond motifs is 1. The molecule has 26 heavy (non-hydrogen) atoms. The van der Waals surface area contributed by atoms with Crippen molar-refractivity contribution in [2.75, 3.05) is 18.0 Å². The van der Waals surface area contributed by atoms with Gasteiger partial charge >= 0.3 is 6.18 Å². The van der Waals surface area contributed by atoms with Crippen LogP contribution < -0.4 is 4.90 Å². The monoisotopic (exact) mass is 398 g/mol. The fourth-order valence-electron chi connectivity index (χ4n) is 3.24. The number of hydrogen-bond donors (Lipinski definition) is 0. The minimum atomic E-state index is -4.40. The molecule has 1 aliphatic heterocycles. The third kappa shape index (κ3) is 3.35. The Kier molecular flexibility index (Phi) is 4.48. The van der Waals surface area contributed by atoms with Crippen LogP contribution in [-0.2, 0) is 6.18 Å². The summed E-state index contributed by atoms with van der Waals surface area (Å²) in [5, 5.41) is 3.10. The van der Waals surface area contributed by atoms with Crippen LogP contribution in [0.4, 0.5) is 19.0 Å². The van der Waals surface area contributed by atoms with Crippen molar-refractivity contribution in [1.29, 1.82) is 0 Å². The second kappa shape index (κ2) is 6.66. The van der Waals surface area contributed by atoms with Crippen LogP contribution in [0.5, 0.6) is 0 Å². The van der Waals surface area contributed by atoms with Gasteiger partial charge in [0.25, 0.3) is 0 Å². The van der Waals surface area contributed by atoms with Crippen molar-refractivity contribution in [2.24, 2.45) is 0 Å². The van der Waals surface area contributed by atoms with Gasteiger partial charge in [0.1, 0.15) is 12.1 Å². The van der Waals surface area contributed by atoms with E-state index in [9.17, 15) is 13.2 Å². The summed E-state index contributed by atoms with van der Waals surface area (Å²) >= 11 is 7.10. The second-order valence-corrected chi connectivity index (χ2v) is 7.54.